The lowest BCUT2D eigenvalue weighted by atomic mass is 10.2. The molecule has 2 N–H and O–H groups in total. The minimum atomic E-state index is -0.365. The van der Waals surface area contributed by atoms with Gasteiger partial charge in [0.15, 0.2) is 0 Å². The van der Waals surface area contributed by atoms with Crippen molar-refractivity contribution in [3.8, 4) is 22.7 Å². The van der Waals surface area contributed by atoms with Crippen molar-refractivity contribution in [2.45, 2.75) is 0 Å². The number of carbonyl (C=O) groups is 1. The fourth-order valence-corrected chi connectivity index (χ4v) is 3.36. The lowest BCUT2D eigenvalue weighted by molar-refractivity contribution is 0.262. The zero-order chi connectivity index (χ0) is 20.9. The summed E-state index contributed by atoms with van der Waals surface area (Å²) in [6.07, 6.45) is 0. The van der Waals surface area contributed by atoms with Gasteiger partial charge in [-0.2, -0.15) is 5.10 Å². The van der Waals surface area contributed by atoms with Crippen LogP contribution in [0.15, 0.2) is 89.4 Å². The minimum absolute atomic E-state index is 0.365. The fourth-order valence-electron chi connectivity index (χ4n) is 2.97. The first kappa shape index (κ1) is 19.7. The van der Waals surface area contributed by atoms with Crippen LogP contribution in [0.25, 0.3) is 16.9 Å². The zero-order valence-electron chi connectivity index (χ0n) is 16.2. The van der Waals surface area contributed by atoms with Crippen molar-refractivity contribution in [3.63, 3.8) is 0 Å². The number of urea groups is 1. The molecule has 0 fully saturated rings. The summed E-state index contributed by atoms with van der Waals surface area (Å²) in [7, 11) is 1.62. The Labute approximate surface area is 182 Å². The highest BCUT2D eigenvalue weighted by molar-refractivity contribution is 9.10. The number of halogens is 1. The third-order valence-electron chi connectivity index (χ3n) is 4.46. The van der Waals surface area contributed by atoms with Gasteiger partial charge in [0.1, 0.15) is 11.6 Å². The van der Waals surface area contributed by atoms with Gasteiger partial charge in [0, 0.05) is 16.1 Å². The summed E-state index contributed by atoms with van der Waals surface area (Å²) in [6.45, 7) is 0. The van der Waals surface area contributed by atoms with Crippen LogP contribution >= 0.6 is 15.9 Å². The van der Waals surface area contributed by atoms with Gasteiger partial charge < -0.3 is 10.1 Å². The SMILES string of the molecule is COc1ccc(-n2nc(-c3ccccc3)cc2NC(=O)Nc2ccccc2Br)cc1. The van der Waals surface area contributed by atoms with Gasteiger partial charge in [-0.15, -0.1) is 0 Å². The molecule has 150 valence electrons. The number of methoxy groups -OCH3 is 1. The van der Waals surface area contributed by atoms with Crippen LogP contribution in [-0.4, -0.2) is 22.9 Å². The highest BCUT2D eigenvalue weighted by Crippen LogP contribution is 2.26. The fraction of sp³-hybridized carbons (Fsp3) is 0.0435. The van der Waals surface area contributed by atoms with E-state index in [2.05, 4.69) is 26.6 Å². The number of aromatic nitrogens is 2. The van der Waals surface area contributed by atoms with E-state index in [1.807, 2.05) is 84.9 Å². The number of benzene rings is 3. The van der Waals surface area contributed by atoms with Crippen molar-refractivity contribution in [3.05, 3.63) is 89.4 Å². The van der Waals surface area contributed by atoms with Gasteiger partial charge >= 0.3 is 6.03 Å². The van der Waals surface area contributed by atoms with Crippen LogP contribution in [0, 0.1) is 0 Å². The van der Waals surface area contributed by atoms with Gasteiger partial charge in [-0.3, -0.25) is 5.32 Å². The predicted molar refractivity (Wildman–Crippen MR) is 122 cm³/mol. The molecule has 0 spiro atoms. The van der Waals surface area contributed by atoms with Crippen molar-refractivity contribution in [2.75, 3.05) is 17.7 Å². The second kappa shape index (κ2) is 8.84. The summed E-state index contributed by atoms with van der Waals surface area (Å²) in [6, 6.07) is 26.2. The molecule has 0 saturated carbocycles. The van der Waals surface area contributed by atoms with Crippen molar-refractivity contribution in [1.29, 1.82) is 0 Å². The van der Waals surface area contributed by atoms with E-state index in [0.29, 0.717) is 11.5 Å². The van der Waals surface area contributed by atoms with Gasteiger partial charge in [0.2, 0.25) is 0 Å². The summed E-state index contributed by atoms with van der Waals surface area (Å²) >= 11 is 3.44. The minimum Gasteiger partial charge on any atom is -0.497 e. The van der Waals surface area contributed by atoms with E-state index < -0.39 is 0 Å². The van der Waals surface area contributed by atoms with Crippen molar-refractivity contribution >= 4 is 33.5 Å². The highest BCUT2D eigenvalue weighted by atomic mass is 79.9. The molecule has 0 saturated heterocycles. The molecule has 3 aromatic carbocycles. The monoisotopic (exact) mass is 462 g/mol. The van der Waals surface area contributed by atoms with E-state index in [4.69, 9.17) is 9.84 Å². The lowest BCUT2D eigenvalue weighted by Crippen LogP contribution is -2.21. The number of hydrogen-bond acceptors (Lipinski definition) is 3. The topological polar surface area (TPSA) is 68.2 Å². The molecule has 4 rings (SSSR count). The third-order valence-corrected chi connectivity index (χ3v) is 5.15. The second-order valence-corrected chi connectivity index (χ2v) is 7.30. The normalized spacial score (nSPS) is 10.5. The Balaban J connectivity index is 1.67. The van der Waals surface area contributed by atoms with Crippen LogP contribution in [-0.2, 0) is 0 Å². The van der Waals surface area contributed by atoms with E-state index >= 15 is 0 Å². The summed E-state index contributed by atoms with van der Waals surface area (Å²) < 4.78 is 7.73. The number of ether oxygens (including phenoxy) is 1. The first-order valence-electron chi connectivity index (χ1n) is 9.26. The molecule has 0 unspecified atom stereocenters. The number of carbonyl (C=O) groups excluding carboxylic acids is 1. The van der Waals surface area contributed by atoms with Crippen LogP contribution in [0.5, 0.6) is 5.75 Å². The molecule has 30 heavy (non-hydrogen) atoms. The molecule has 0 aliphatic rings. The van der Waals surface area contributed by atoms with E-state index in [1.165, 1.54) is 0 Å². The average molecular weight is 463 g/mol. The number of amides is 2. The van der Waals surface area contributed by atoms with E-state index in [-0.39, 0.29) is 6.03 Å². The Morgan fingerprint density at radius 1 is 0.933 bits per heavy atom. The van der Waals surface area contributed by atoms with Crippen molar-refractivity contribution in [2.24, 2.45) is 0 Å². The molecular formula is C23H19BrN4O2. The molecule has 1 aromatic heterocycles. The van der Waals surface area contributed by atoms with Crippen LogP contribution in [0.3, 0.4) is 0 Å². The molecule has 1 heterocycles. The number of hydrogen-bond donors (Lipinski definition) is 2. The number of para-hydroxylation sites is 1. The quantitative estimate of drug-likeness (QED) is 0.384. The largest absolute Gasteiger partial charge is 0.497 e. The maximum Gasteiger partial charge on any atom is 0.324 e. The highest BCUT2D eigenvalue weighted by Gasteiger charge is 2.14. The number of nitrogens with one attached hydrogen (secondary N) is 2. The first-order chi connectivity index (χ1) is 14.6. The Morgan fingerprint density at radius 2 is 1.63 bits per heavy atom. The second-order valence-electron chi connectivity index (χ2n) is 6.45. The first-order valence-corrected chi connectivity index (χ1v) is 10.1. The molecule has 0 radical (unpaired) electrons. The summed E-state index contributed by atoms with van der Waals surface area (Å²) in [5.41, 5.74) is 3.18. The smallest absolute Gasteiger partial charge is 0.324 e. The molecule has 7 heteroatoms. The molecule has 6 nitrogen and oxygen atoms in total. The number of anilines is 2. The van der Waals surface area contributed by atoms with Gasteiger partial charge in [-0.25, -0.2) is 9.48 Å². The van der Waals surface area contributed by atoms with E-state index in [1.54, 1.807) is 11.8 Å². The van der Waals surface area contributed by atoms with Crippen LogP contribution in [0.2, 0.25) is 0 Å². The molecule has 2 amide bonds. The third kappa shape index (κ3) is 4.36. The van der Waals surface area contributed by atoms with Gasteiger partial charge in [0.05, 0.1) is 24.2 Å². The van der Waals surface area contributed by atoms with Crippen molar-refractivity contribution in [1.82, 2.24) is 9.78 Å². The zero-order valence-corrected chi connectivity index (χ0v) is 17.8. The van der Waals surface area contributed by atoms with E-state index in [0.717, 1.165) is 27.2 Å². The summed E-state index contributed by atoms with van der Waals surface area (Å²) in [5.74, 6) is 1.29. The Hall–Kier alpha value is -3.58. The maximum absolute atomic E-state index is 12.7. The Morgan fingerprint density at radius 3 is 2.33 bits per heavy atom. The van der Waals surface area contributed by atoms with Gasteiger partial charge in [-0.1, -0.05) is 42.5 Å². The van der Waals surface area contributed by atoms with Crippen LogP contribution in [0.4, 0.5) is 16.3 Å². The average Bonchev–Trinajstić information content (AvgIpc) is 3.19. The standard InChI is InChI=1S/C23H19BrN4O2/c1-30-18-13-11-17(12-14-18)28-22(15-21(27-28)16-7-3-2-4-8-16)26-23(29)25-20-10-6-5-9-19(20)24/h2-15H,1H3,(H2,25,26,29). The Kier molecular flexibility index (Phi) is 5.81. The number of nitrogens with zero attached hydrogens (tertiary/aromatic N) is 2. The predicted octanol–water partition coefficient (Wildman–Crippen LogP) is 5.95. The molecule has 4 aromatic rings. The van der Waals surface area contributed by atoms with Crippen molar-refractivity contribution < 1.29 is 9.53 Å². The Bertz CT molecular complexity index is 1160. The lowest BCUT2D eigenvalue weighted by Gasteiger charge is -2.11. The van der Waals surface area contributed by atoms with E-state index in [9.17, 15) is 4.79 Å². The van der Waals surface area contributed by atoms with Gasteiger partial charge in [-0.05, 0) is 52.3 Å². The number of rotatable bonds is 5. The summed E-state index contributed by atoms with van der Waals surface area (Å²) in [4.78, 5) is 12.7. The molecular weight excluding hydrogens is 444 g/mol. The summed E-state index contributed by atoms with van der Waals surface area (Å²) in [5, 5.41) is 10.5. The molecule has 0 bridgehead atoms. The molecule has 0 aliphatic carbocycles. The molecule has 0 atom stereocenters. The van der Waals surface area contributed by atoms with Crippen LogP contribution < -0.4 is 15.4 Å². The molecule has 0 aliphatic heterocycles. The maximum atomic E-state index is 12.7. The van der Waals surface area contributed by atoms with Gasteiger partial charge in [0.25, 0.3) is 0 Å². The van der Waals surface area contributed by atoms with Crippen LogP contribution in [0.1, 0.15) is 0 Å².